The SMILES string of the molecule is [2H]c1nc(Cc2cc(OC)c(OC)c(OC)c2)nc(Cc2ccc3c(n2)N(COP(=O)([O-])[O-])C(=O)C(C)(C)O3)c1F. The van der Waals surface area contributed by atoms with E-state index in [0.717, 1.165) is 4.90 Å². The monoisotopic (exact) mass is 577 g/mol. The quantitative estimate of drug-likeness (QED) is 0.319. The number of carbonyl (C=O) groups is 1. The highest BCUT2D eigenvalue weighted by molar-refractivity contribution is 7.43. The Kier molecular flexibility index (Phi) is 7.86. The molecule has 40 heavy (non-hydrogen) atoms. The van der Waals surface area contributed by atoms with Crippen molar-refractivity contribution in [3.05, 3.63) is 59.0 Å². The lowest BCUT2D eigenvalue weighted by Crippen LogP contribution is -2.53. The molecule has 13 nitrogen and oxygen atoms in total. The van der Waals surface area contributed by atoms with Crippen LogP contribution < -0.4 is 33.6 Å². The number of methoxy groups -OCH3 is 3. The number of nitrogens with zero attached hydrogens (tertiary/aromatic N) is 4. The molecule has 214 valence electrons. The van der Waals surface area contributed by atoms with Crippen LogP contribution in [0.2, 0.25) is 0 Å². The van der Waals surface area contributed by atoms with Crippen molar-refractivity contribution in [2.45, 2.75) is 32.3 Å². The van der Waals surface area contributed by atoms with Crippen LogP contribution in [0, 0.1) is 5.82 Å². The van der Waals surface area contributed by atoms with E-state index in [0.29, 0.717) is 22.8 Å². The van der Waals surface area contributed by atoms with Gasteiger partial charge in [-0.05, 0) is 43.7 Å². The largest absolute Gasteiger partial charge is 0.790 e. The van der Waals surface area contributed by atoms with Gasteiger partial charge in [-0.3, -0.25) is 9.69 Å². The van der Waals surface area contributed by atoms with E-state index in [1.54, 1.807) is 12.1 Å². The number of hydrogen-bond acceptors (Lipinski definition) is 12. The van der Waals surface area contributed by atoms with E-state index >= 15 is 0 Å². The summed E-state index contributed by atoms with van der Waals surface area (Å²) in [6.07, 6.45) is -0.753. The lowest BCUT2D eigenvalue weighted by Gasteiger charge is -2.39. The number of hydrogen-bond donors (Lipinski definition) is 0. The second-order valence-corrected chi connectivity index (χ2v) is 10.2. The summed E-state index contributed by atoms with van der Waals surface area (Å²) in [6, 6.07) is 6.32. The number of rotatable bonds is 10. The van der Waals surface area contributed by atoms with Crippen molar-refractivity contribution < 1.29 is 48.4 Å². The predicted octanol–water partition coefficient (Wildman–Crippen LogP) is 1.52. The number of aromatic nitrogens is 3. The van der Waals surface area contributed by atoms with Crippen LogP contribution in [0.25, 0.3) is 0 Å². The van der Waals surface area contributed by atoms with Gasteiger partial charge in [0.1, 0.15) is 12.6 Å². The summed E-state index contributed by atoms with van der Waals surface area (Å²) < 4.78 is 60.1. The van der Waals surface area contributed by atoms with Gasteiger partial charge < -0.3 is 37.8 Å². The number of fused-ring (bicyclic) bond motifs is 1. The fourth-order valence-corrected chi connectivity index (χ4v) is 4.29. The van der Waals surface area contributed by atoms with Crippen LogP contribution in [-0.4, -0.2) is 54.5 Å². The number of ether oxygens (including phenoxy) is 4. The molecule has 2 aromatic heterocycles. The maximum atomic E-state index is 15.0. The van der Waals surface area contributed by atoms with Gasteiger partial charge in [0.05, 0.1) is 42.4 Å². The fraction of sp³-hybridized carbons (Fsp3) is 0.360. The molecule has 0 spiro atoms. The molecule has 0 radical (unpaired) electrons. The molecule has 3 heterocycles. The highest BCUT2D eigenvalue weighted by atomic mass is 31.2. The lowest BCUT2D eigenvalue weighted by atomic mass is 10.1. The third kappa shape index (κ3) is 6.31. The standard InChI is InChI=1S/C25H28FN4O9P/c1-25(2)24(31)30(13-38-40(32,33)34)23-18(39-25)7-6-15(28-23)11-17-16(26)12-27-21(29-17)10-14-8-19(35-3)22(37-5)20(9-14)36-4/h6-9,12H,10-11,13H2,1-5H3,(H2,32,33,34)/p-2/i12D. The fourth-order valence-electron chi connectivity index (χ4n) is 4.03. The molecule has 1 amide bonds. The zero-order chi connectivity index (χ0) is 30.1. The second-order valence-electron chi connectivity index (χ2n) is 9.07. The molecular weight excluding hydrogens is 550 g/mol. The molecule has 0 N–H and O–H groups in total. The summed E-state index contributed by atoms with van der Waals surface area (Å²) in [5.41, 5.74) is -0.704. The molecule has 0 aliphatic carbocycles. The Morgan fingerprint density at radius 1 is 1.10 bits per heavy atom. The Labute approximate surface area is 230 Å². The third-order valence-electron chi connectivity index (χ3n) is 5.86. The minimum absolute atomic E-state index is 0.0977. The summed E-state index contributed by atoms with van der Waals surface area (Å²) in [4.78, 5) is 48.5. The first-order valence-corrected chi connectivity index (χ1v) is 13.2. The van der Waals surface area contributed by atoms with E-state index in [1.165, 1.54) is 47.3 Å². The molecule has 1 aromatic carbocycles. The van der Waals surface area contributed by atoms with E-state index in [1.807, 2.05) is 0 Å². The van der Waals surface area contributed by atoms with Gasteiger partial charge in [-0.15, -0.1) is 0 Å². The smallest absolute Gasteiger partial charge is 0.273 e. The third-order valence-corrected chi connectivity index (χ3v) is 6.29. The number of anilines is 1. The summed E-state index contributed by atoms with van der Waals surface area (Å²) >= 11 is 0. The van der Waals surface area contributed by atoms with Crippen LogP contribution in [0.15, 0.2) is 30.4 Å². The number of amides is 1. The molecule has 4 rings (SSSR count). The maximum absolute atomic E-state index is 15.0. The first-order valence-electron chi connectivity index (χ1n) is 12.2. The van der Waals surface area contributed by atoms with Crippen molar-refractivity contribution in [2.75, 3.05) is 33.0 Å². The maximum Gasteiger partial charge on any atom is 0.273 e. The van der Waals surface area contributed by atoms with E-state index in [-0.39, 0.29) is 41.6 Å². The van der Waals surface area contributed by atoms with Crippen molar-refractivity contribution >= 4 is 19.5 Å². The van der Waals surface area contributed by atoms with Gasteiger partial charge in [0.15, 0.2) is 34.5 Å². The molecule has 0 saturated carbocycles. The average Bonchev–Trinajstić information content (AvgIpc) is 2.90. The van der Waals surface area contributed by atoms with Gasteiger partial charge in [0.2, 0.25) is 5.75 Å². The Bertz CT molecular complexity index is 1510. The number of phosphoric ester groups is 1. The highest BCUT2D eigenvalue weighted by Crippen LogP contribution is 2.39. The van der Waals surface area contributed by atoms with Gasteiger partial charge in [0, 0.05) is 18.5 Å². The van der Waals surface area contributed by atoms with E-state index in [2.05, 4.69) is 19.5 Å². The molecule has 0 unspecified atom stereocenters. The zero-order valence-electron chi connectivity index (χ0n) is 23.2. The van der Waals surface area contributed by atoms with Gasteiger partial charge in [-0.25, -0.2) is 19.3 Å². The van der Waals surface area contributed by atoms with E-state index < -0.39 is 38.1 Å². The second kappa shape index (κ2) is 11.3. The van der Waals surface area contributed by atoms with Crippen LogP contribution in [0.5, 0.6) is 23.0 Å². The lowest BCUT2D eigenvalue weighted by molar-refractivity contribution is -0.341. The Hall–Kier alpha value is -3.84. The van der Waals surface area contributed by atoms with Crippen LogP contribution >= 0.6 is 7.82 Å². The average molecular weight is 577 g/mol. The normalized spacial score (nSPS) is 14.8. The highest BCUT2D eigenvalue weighted by Gasteiger charge is 2.42. The van der Waals surface area contributed by atoms with Crippen LogP contribution in [0.3, 0.4) is 0 Å². The molecular formula is C25H26FN4O9P-2. The number of carbonyl (C=O) groups excluding carboxylic acids is 1. The molecule has 1 aliphatic heterocycles. The number of halogens is 1. The van der Waals surface area contributed by atoms with Gasteiger partial charge in [-0.1, -0.05) is 0 Å². The Morgan fingerprint density at radius 2 is 1.77 bits per heavy atom. The molecule has 0 atom stereocenters. The molecule has 3 aromatic rings. The summed E-state index contributed by atoms with van der Waals surface area (Å²) in [7, 11) is -1.01. The first kappa shape index (κ1) is 27.7. The van der Waals surface area contributed by atoms with Crippen LogP contribution in [0.4, 0.5) is 10.2 Å². The van der Waals surface area contributed by atoms with Crippen LogP contribution in [0.1, 0.15) is 38.0 Å². The number of benzene rings is 1. The number of phosphoric acid groups is 1. The Balaban J connectivity index is 1.66. The summed E-state index contributed by atoms with van der Waals surface area (Å²) in [5, 5.41) is 0. The molecule has 1 aliphatic rings. The van der Waals surface area contributed by atoms with Gasteiger partial charge in [-0.2, -0.15) is 0 Å². The van der Waals surface area contributed by atoms with Crippen LogP contribution in [-0.2, 0) is 26.7 Å². The van der Waals surface area contributed by atoms with Crippen molar-refractivity contribution in [2.24, 2.45) is 0 Å². The number of pyridine rings is 1. The van der Waals surface area contributed by atoms with E-state index in [4.69, 9.17) is 20.3 Å². The van der Waals surface area contributed by atoms with Gasteiger partial charge in [0.25, 0.3) is 5.91 Å². The molecule has 0 saturated heterocycles. The van der Waals surface area contributed by atoms with Crippen molar-refractivity contribution in [1.29, 1.82) is 0 Å². The molecule has 0 fully saturated rings. The van der Waals surface area contributed by atoms with Crippen molar-refractivity contribution in [1.82, 2.24) is 15.0 Å². The Morgan fingerprint density at radius 3 is 2.38 bits per heavy atom. The molecule has 15 heteroatoms. The minimum atomic E-state index is -5.41. The van der Waals surface area contributed by atoms with Crippen molar-refractivity contribution in [3.8, 4) is 23.0 Å². The minimum Gasteiger partial charge on any atom is -0.790 e. The zero-order valence-corrected chi connectivity index (χ0v) is 23.1. The van der Waals surface area contributed by atoms with Gasteiger partial charge >= 0.3 is 0 Å². The summed E-state index contributed by atoms with van der Waals surface area (Å²) in [5.74, 6) is -0.379. The summed E-state index contributed by atoms with van der Waals surface area (Å²) in [6.45, 7) is 1.99. The van der Waals surface area contributed by atoms with Crippen molar-refractivity contribution in [3.63, 3.8) is 0 Å². The predicted molar refractivity (Wildman–Crippen MR) is 134 cm³/mol. The van der Waals surface area contributed by atoms with E-state index in [9.17, 15) is 23.5 Å². The molecule has 0 bridgehead atoms. The first-order chi connectivity index (χ1) is 19.3. The topological polar surface area (TPSA) is 168 Å².